The minimum absolute atomic E-state index is 0.158. The molecule has 2 aromatic rings. The number of carbonyl (C=O) groups is 2. The molecule has 2 rings (SSSR count). The van der Waals surface area contributed by atoms with Crippen LogP contribution in [0.4, 0.5) is 0 Å². The third-order valence-electron chi connectivity index (χ3n) is 4.03. The van der Waals surface area contributed by atoms with Crippen molar-refractivity contribution in [1.29, 1.82) is 0 Å². The normalized spacial score (nSPS) is 10.8. The van der Waals surface area contributed by atoms with Crippen LogP contribution in [-0.4, -0.2) is 50.6 Å². The van der Waals surface area contributed by atoms with Crippen LogP contribution in [0.3, 0.4) is 0 Å². The molecule has 2 aromatic carbocycles. The van der Waals surface area contributed by atoms with Gasteiger partial charge in [0.15, 0.2) is 23.0 Å². The van der Waals surface area contributed by atoms with E-state index in [1.807, 2.05) is 0 Å². The smallest absolute Gasteiger partial charge is 0.338 e. The van der Waals surface area contributed by atoms with Crippen LogP contribution in [0.25, 0.3) is 12.2 Å². The third-order valence-corrected chi connectivity index (χ3v) is 4.03. The fourth-order valence-corrected chi connectivity index (χ4v) is 2.52. The van der Waals surface area contributed by atoms with Gasteiger partial charge in [0.25, 0.3) is 0 Å². The number of carbonyl (C=O) groups excluding carboxylic acids is 2. The zero-order chi connectivity index (χ0) is 23.0. The van der Waals surface area contributed by atoms with Crippen molar-refractivity contribution in [3.8, 4) is 34.5 Å². The molecule has 0 atom stereocenters. The zero-order valence-electron chi connectivity index (χ0n) is 17.4. The summed E-state index contributed by atoms with van der Waals surface area (Å²) in [7, 11) is 5.50. The minimum atomic E-state index is -0.901. The Morgan fingerprint density at radius 2 is 0.935 bits per heavy atom. The van der Waals surface area contributed by atoms with E-state index >= 15 is 0 Å². The summed E-state index contributed by atoms with van der Waals surface area (Å²) in [5, 5.41) is 19.8. The van der Waals surface area contributed by atoms with Crippen LogP contribution in [0.1, 0.15) is 11.1 Å². The van der Waals surface area contributed by atoms with E-state index < -0.39 is 11.9 Å². The van der Waals surface area contributed by atoms with Crippen LogP contribution < -0.4 is 18.9 Å². The maximum Gasteiger partial charge on any atom is 0.338 e. The Morgan fingerprint density at radius 1 is 0.645 bits per heavy atom. The van der Waals surface area contributed by atoms with Crippen LogP contribution in [0, 0.1) is 0 Å². The molecule has 0 aliphatic carbocycles. The van der Waals surface area contributed by atoms with Crippen LogP contribution in [-0.2, 0) is 14.3 Å². The van der Waals surface area contributed by atoms with Gasteiger partial charge in [-0.1, -0.05) is 0 Å². The molecule has 0 aromatic heterocycles. The van der Waals surface area contributed by atoms with Crippen LogP contribution >= 0.6 is 0 Å². The molecule has 9 heteroatoms. The Kier molecular flexibility index (Phi) is 7.90. The number of methoxy groups -OCH3 is 4. The molecule has 164 valence electrons. The van der Waals surface area contributed by atoms with Crippen LogP contribution in [0.15, 0.2) is 36.4 Å². The van der Waals surface area contributed by atoms with Crippen molar-refractivity contribution in [2.75, 3.05) is 28.4 Å². The summed E-state index contributed by atoms with van der Waals surface area (Å²) in [5.74, 6) is -1.52. The van der Waals surface area contributed by atoms with Crippen molar-refractivity contribution >= 4 is 24.1 Å². The quantitative estimate of drug-likeness (QED) is 0.370. The zero-order valence-corrected chi connectivity index (χ0v) is 17.4. The lowest BCUT2D eigenvalue weighted by Crippen LogP contribution is -2.06. The molecule has 0 saturated heterocycles. The van der Waals surface area contributed by atoms with Crippen molar-refractivity contribution in [2.24, 2.45) is 0 Å². The lowest BCUT2D eigenvalue weighted by molar-refractivity contribution is -0.152. The van der Waals surface area contributed by atoms with Gasteiger partial charge >= 0.3 is 11.9 Å². The van der Waals surface area contributed by atoms with Gasteiger partial charge < -0.3 is 33.9 Å². The number of aromatic hydroxyl groups is 2. The Morgan fingerprint density at radius 3 is 1.19 bits per heavy atom. The number of phenols is 2. The molecule has 0 bridgehead atoms. The van der Waals surface area contributed by atoms with Crippen LogP contribution in [0.5, 0.6) is 34.5 Å². The fourth-order valence-electron chi connectivity index (χ4n) is 2.52. The van der Waals surface area contributed by atoms with E-state index in [4.69, 9.17) is 23.7 Å². The van der Waals surface area contributed by atoms with Gasteiger partial charge in [-0.05, 0) is 47.5 Å². The van der Waals surface area contributed by atoms with E-state index in [0.717, 1.165) is 12.2 Å². The van der Waals surface area contributed by atoms with Crippen molar-refractivity contribution in [2.45, 2.75) is 0 Å². The molecule has 0 heterocycles. The fraction of sp³-hybridized carbons (Fsp3) is 0.182. The topological polar surface area (TPSA) is 121 Å². The molecule has 0 fully saturated rings. The van der Waals surface area contributed by atoms with Crippen molar-refractivity contribution in [3.63, 3.8) is 0 Å². The maximum atomic E-state index is 11.9. The number of esters is 2. The van der Waals surface area contributed by atoms with Gasteiger partial charge in [-0.15, -0.1) is 0 Å². The highest BCUT2D eigenvalue weighted by Crippen LogP contribution is 2.38. The van der Waals surface area contributed by atoms with Gasteiger partial charge in [-0.2, -0.15) is 0 Å². The summed E-state index contributed by atoms with van der Waals surface area (Å²) >= 11 is 0. The van der Waals surface area contributed by atoms with Crippen molar-refractivity contribution in [3.05, 3.63) is 47.5 Å². The van der Waals surface area contributed by atoms with E-state index in [1.165, 1.54) is 64.9 Å². The summed E-state index contributed by atoms with van der Waals surface area (Å²) in [6, 6.07) is 5.92. The molecule has 0 aliphatic heterocycles. The first-order chi connectivity index (χ1) is 14.8. The van der Waals surface area contributed by atoms with Gasteiger partial charge in [0.1, 0.15) is 0 Å². The molecule has 9 nitrogen and oxygen atoms in total. The lowest BCUT2D eigenvalue weighted by atomic mass is 10.1. The van der Waals surface area contributed by atoms with Crippen LogP contribution in [0.2, 0.25) is 0 Å². The third kappa shape index (κ3) is 5.92. The molecule has 0 saturated carbocycles. The number of ether oxygens (including phenoxy) is 5. The second kappa shape index (κ2) is 10.6. The lowest BCUT2D eigenvalue weighted by Gasteiger charge is -2.09. The summed E-state index contributed by atoms with van der Waals surface area (Å²) in [5.41, 5.74) is 0.962. The number of phenolic OH excluding ortho intramolecular Hbond substituents is 2. The van der Waals surface area contributed by atoms with Gasteiger partial charge in [-0.25, -0.2) is 9.59 Å². The highest BCUT2D eigenvalue weighted by molar-refractivity contribution is 6.00. The Labute approximate surface area is 178 Å². The summed E-state index contributed by atoms with van der Waals surface area (Å²) in [6.07, 6.45) is 4.84. The maximum absolute atomic E-state index is 11.9. The highest BCUT2D eigenvalue weighted by atomic mass is 16.6. The summed E-state index contributed by atoms with van der Waals surface area (Å²) in [4.78, 5) is 23.8. The Hall–Kier alpha value is -4.14. The average molecular weight is 430 g/mol. The first-order valence-electron chi connectivity index (χ1n) is 8.84. The molecule has 0 aliphatic rings. The first-order valence-corrected chi connectivity index (χ1v) is 8.84. The van der Waals surface area contributed by atoms with E-state index in [2.05, 4.69) is 0 Å². The molecule has 31 heavy (non-hydrogen) atoms. The largest absolute Gasteiger partial charge is 0.502 e. The van der Waals surface area contributed by atoms with E-state index in [-0.39, 0.29) is 34.5 Å². The van der Waals surface area contributed by atoms with Gasteiger partial charge in [0.05, 0.1) is 28.4 Å². The van der Waals surface area contributed by atoms with Gasteiger partial charge in [-0.3, -0.25) is 0 Å². The summed E-state index contributed by atoms with van der Waals surface area (Å²) < 4.78 is 24.8. The summed E-state index contributed by atoms with van der Waals surface area (Å²) in [6.45, 7) is 0. The standard InChI is InChI=1S/C22H22O9/c1-27-15-9-13(10-16(28-2)21(15)25)5-7-19(23)31-20(24)8-6-14-11-17(29-3)22(26)18(12-14)30-4/h5-12,25-26H,1-4H3/b7-5+,8-6+. The Balaban J connectivity index is 2.07. The molecule has 0 unspecified atom stereocenters. The highest BCUT2D eigenvalue weighted by Gasteiger charge is 2.12. The van der Waals surface area contributed by atoms with E-state index in [9.17, 15) is 19.8 Å². The predicted octanol–water partition coefficient (Wildman–Crippen LogP) is 2.93. The van der Waals surface area contributed by atoms with Gasteiger partial charge in [0.2, 0.25) is 11.5 Å². The molecular formula is C22H22O9. The van der Waals surface area contributed by atoms with E-state index in [0.29, 0.717) is 11.1 Å². The number of hydrogen-bond acceptors (Lipinski definition) is 9. The average Bonchev–Trinajstić information content (AvgIpc) is 2.77. The molecular weight excluding hydrogens is 408 g/mol. The second-order valence-corrected chi connectivity index (χ2v) is 5.95. The minimum Gasteiger partial charge on any atom is -0.502 e. The van der Waals surface area contributed by atoms with Crippen molar-refractivity contribution in [1.82, 2.24) is 0 Å². The number of rotatable bonds is 8. The number of hydrogen-bond donors (Lipinski definition) is 2. The molecule has 2 N–H and O–H groups in total. The monoisotopic (exact) mass is 430 g/mol. The van der Waals surface area contributed by atoms with Crippen molar-refractivity contribution < 1.29 is 43.5 Å². The molecule has 0 radical (unpaired) electrons. The predicted molar refractivity (Wildman–Crippen MR) is 112 cm³/mol. The number of benzene rings is 2. The molecule has 0 amide bonds. The van der Waals surface area contributed by atoms with Gasteiger partial charge in [0, 0.05) is 12.2 Å². The second-order valence-electron chi connectivity index (χ2n) is 5.95. The Bertz CT molecular complexity index is 890. The van der Waals surface area contributed by atoms with E-state index in [1.54, 1.807) is 0 Å². The SMILES string of the molecule is COc1cc(/C=C/C(=O)OC(=O)/C=C/c2cc(OC)c(O)c(OC)c2)cc(OC)c1O. The molecule has 0 spiro atoms. The first kappa shape index (κ1) is 23.1.